The number of nitrogens with zero attached hydrogens (tertiary/aromatic N) is 8. The third-order valence-corrected chi connectivity index (χ3v) is 36.1. The summed E-state index contributed by atoms with van der Waals surface area (Å²) in [6, 6.07) is 58.9. The van der Waals surface area contributed by atoms with Crippen LogP contribution >= 0.6 is 0 Å². The van der Waals surface area contributed by atoms with E-state index < -0.39 is 0 Å². The Morgan fingerprint density at radius 1 is 0.205 bits per heavy atom. The van der Waals surface area contributed by atoms with E-state index in [0.717, 1.165) is 115 Å². The van der Waals surface area contributed by atoms with E-state index in [1.54, 1.807) is 49.7 Å². The number of fused-ring (bicyclic) bond motifs is 40. The van der Waals surface area contributed by atoms with Crippen LogP contribution in [-0.2, 0) is 97.1 Å². The predicted octanol–water partition coefficient (Wildman–Crippen LogP) is 31.1. The molecule has 0 aliphatic heterocycles. The molecular formula is C126H124N8O8Pt4. The molecule has 12 aromatic carbocycles. The molecule has 16 nitrogen and oxygen atoms in total. The topological polar surface area (TPSA) is 261 Å². The Bertz CT molecular complexity index is 7340. The first-order valence-corrected chi connectivity index (χ1v) is 53.0. The quantitative estimate of drug-likeness (QED) is 0.0360. The summed E-state index contributed by atoms with van der Waals surface area (Å²) in [6.07, 6.45) is 46.9. The molecule has 16 unspecified atom stereocenters. The van der Waals surface area contributed by atoms with Gasteiger partial charge in [0.05, 0.1) is 45.5 Å². The van der Waals surface area contributed by atoms with Crippen molar-refractivity contribution in [1.82, 2.24) is 0 Å². The number of hydrogen-bond acceptors (Lipinski definition) is 16. The molecule has 8 fully saturated rings. The summed E-state index contributed by atoms with van der Waals surface area (Å²) in [7, 11) is 0. The smallest absolute Gasteiger partial charge is 0.124 e. The maximum Gasteiger partial charge on any atom is 0.124 e. The molecule has 0 saturated heterocycles. The van der Waals surface area contributed by atoms with Gasteiger partial charge < -0.3 is 40.9 Å². The SMILES string of the molecule is CCCc1ccc(N=Cc2cc3c(cc2O)C2CCC3C2)c(N=Cc2cc3c(cc2O)C2CCC3C2)c1.CCc1ccc(N=Cc2cc3c(cc2O)C2CCC3C2)c(N=Cc2cc3c(cc2O)C2CCC3C2)c1.Cc1ccc(N=Cc2cc3c(cc2O)C2CCC3C2)c(N=Cc2cc3c(cc2O)C2CCC3C2)c1.Oc1cc2c(cc1C=Nc1ccccc1N=Cc1cc3c(cc1O)C1CCC3C1)C1CCC2C1.[Pt].[Pt].[Pt].[Pt]. The molecule has 8 N–H and O–H groups in total. The van der Waals surface area contributed by atoms with Crippen LogP contribution in [-0.4, -0.2) is 90.6 Å². The molecule has 16 aliphatic rings. The minimum Gasteiger partial charge on any atom is -0.507 e. The van der Waals surface area contributed by atoms with Gasteiger partial charge in [0.25, 0.3) is 0 Å². The van der Waals surface area contributed by atoms with Gasteiger partial charge in [-0.1, -0.05) is 50.6 Å². The molecule has 756 valence electrons. The van der Waals surface area contributed by atoms with Crippen molar-refractivity contribution in [2.75, 3.05) is 0 Å². The van der Waals surface area contributed by atoms with Gasteiger partial charge in [-0.2, -0.15) is 0 Å². The first-order valence-electron chi connectivity index (χ1n) is 53.0. The van der Waals surface area contributed by atoms with E-state index >= 15 is 0 Å². The van der Waals surface area contributed by atoms with E-state index in [4.69, 9.17) is 30.0 Å². The van der Waals surface area contributed by atoms with Crippen LogP contribution in [0.5, 0.6) is 46.0 Å². The molecule has 0 radical (unpaired) electrons. The van der Waals surface area contributed by atoms with Gasteiger partial charge in [-0.15, -0.1) is 0 Å². The summed E-state index contributed by atoms with van der Waals surface area (Å²) >= 11 is 0. The summed E-state index contributed by atoms with van der Waals surface area (Å²) in [5.74, 6) is 12.5. The molecule has 20 heteroatoms. The Morgan fingerprint density at radius 2 is 0.377 bits per heavy atom. The van der Waals surface area contributed by atoms with Crippen molar-refractivity contribution < 1.29 is 125 Å². The van der Waals surface area contributed by atoms with Gasteiger partial charge >= 0.3 is 0 Å². The van der Waals surface area contributed by atoms with Crippen LogP contribution < -0.4 is 0 Å². The molecule has 0 heterocycles. The van der Waals surface area contributed by atoms with Crippen molar-refractivity contribution in [3.05, 3.63) is 326 Å². The number of aromatic hydroxyl groups is 8. The van der Waals surface area contributed by atoms with Crippen LogP contribution in [0.4, 0.5) is 45.5 Å². The van der Waals surface area contributed by atoms with Crippen molar-refractivity contribution >= 4 is 95.2 Å². The number of rotatable bonds is 19. The molecule has 0 aromatic heterocycles. The first-order chi connectivity index (χ1) is 69.3. The Hall–Kier alpha value is -10.8. The molecule has 16 aliphatic carbocycles. The molecule has 8 saturated carbocycles. The molecule has 16 bridgehead atoms. The van der Waals surface area contributed by atoms with E-state index in [9.17, 15) is 40.9 Å². The van der Waals surface area contributed by atoms with Gasteiger partial charge in [0.2, 0.25) is 0 Å². The molecular weight excluding hydrogens is 2530 g/mol. The van der Waals surface area contributed by atoms with Crippen molar-refractivity contribution in [2.45, 2.75) is 289 Å². The number of para-hydroxylation sites is 2. The fraction of sp³-hybridized carbons (Fsp3) is 0.365. The minimum atomic E-state index is 0. The fourth-order valence-corrected chi connectivity index (χ4v) is 28.8. The van der Waals surface area contributed by atoms with Crippen LogP contribution in [0.1, 0.15) is 419 Å². The van der Waals surface area contributed by atoms with E-state index in [-0.39, 0.29) is 84.3 Å². The van der Waals surface area contributed by atoms with Crippen molar-refractivity contribution in [2.24, 2.45) is 39.9 Å². The Labute approximate surface area is 913 Å². The average Bonchev–Trinajstić information content (AvgIpc) is 1.65. The van der Waals surface area contributed by atoms with Crippen LogP contribution in [0.2, 0.25) is 0 Å². The predicted molar refractivity (Wildman–Crippen MR) is 571 cm³/mol. The summed E-state index contributed by atoms with van der Waals surface area (Å²) < 4.78 is 0. The van der Waals surface area contributed by atoms with Gasteiger partial charge in [-0.25, -0.2) is 0 Å². The third kappa shape index (κ3) is 19.2. The second kappa shape index (κ2) is 41.9. The fourth-order valence-electron chi connectivity index (χ4n) is 28.8. The second-order valence-corrected chi connectivity index (χ2v) is 44.3. The Kier molecular flexibility index (Phi) is 29.0. The Balaban J connectivity index is 0.000000113. The zero-order chi connectivity index (χ0) is 96.0. The van der Waals surface area contributed by atoms with Crippen molar-refractivity contribution in [1.29, 1.82) is 0 Å². The van der Waals surface area contributed by atoms with Crippen LogP contribution in [0.25, 0.3) is 0 Å². The number of aliphatic imine (C=N–C) groups is 8. The number of phenols is 8. The monoisotopic (exact) mass is 2660 g/mol. The average molecular weight is 2660 g/mol. The number of aryl methyl sites for hydroxylation is 3. The number of benzene rings is 12. The van der Waals surface area contributed by atoms with E-state index in [2.05, 4.69) is 96.6 Å². The number of phenolic OH excluding ortho intramolecular Hbond substituents is 8. The minimum absolute atomic E-state index is 0. The maximum atomic E-state index is 10.7. The van der Waals surface area contributed by atoms with Gasteiger partial charge in [-0.05, 0) is 520 Å². The zero-order valence-corrected chi connectivity index (χ0v) is 91.7. The molecule has 0 amide bonds. The van der Waals surface area contributed by atoms with E-state index in [0.29, 0.717) is 141 Å². The van der Waals surface area contributed by atoms with E-state index in [1.165, 1.54) is 254 Å². The van der Waals surface area contributed by atoms with Crippen LogP contribution in [0.15, 0.2) is 216 Å². The Morgan fingerprint density at radius 3 is 0.582 bits per heavy atom. The second-order valence-electron chi connectivity index (χ2n) is 44.3. The van der Waals surface area contributed by atoms with E-state index in [1.807, 2.05) is 110 Å². The van der Waals surface area contributed by atoms with Gasteiger partial charge in [0, 0.05) is 178 Å². The summed E-state index contributed by atoms with van der Waals surface area (Å²) in [6.45, 7) is 6.34. The third-order valence-electron chi connectivity index (χ3n) is 36.1. The normalized spacial score (nSPS) is 24.8. The zero-order valence-electron chi connectivity index (χ0n) is 82.6. The van der Waals surface area contributed by atoms with Gasteiger partial charge in [0.1, 0.15) is 46.0 Å². The molecule has 28 rings (SSSR count). The van der Waals surface area contributed by atoms with Gasteiger partial charge in [-0.3, -0.25) is 39.9 Å². The first kappa shape index (κ1) is 101. The largest absolute Gasteiger partial charge is 0.507 e. The van der Waals surface area contributed by atoms with Crippen molar-refractivity contribution in [3.63, 3.8) is 0 Å². The van der Waals surface area contributed by atoms with Crippen LogP contribution in [0.3, 0.4) is 0 Å². The number of hydrogen-bond donors (Lipinski definition) is 8. The summed E-state index contributed by atoms with van der Waals surface area (Å²) in [5, 5.41) is 85.4. The summed E-state index contributed by atoms with van der Waals surface area (Å²) in [5.41, 5.74) is 37.5. The molecule has 16 atom stereocenters. The molecule has 0 spiro atoms. The van der Waals surface area contributed by atoms with Gasteiger partial charge in [0.15, 0.2) is 0 Å². The van der Waals surface area contributed by atoms with Crippen LogP contribution in [0, 0.1) is 6.92 Å². The molecule has 146 heavy (non-hydrogen) atoms. The maximum absolute atomic E-state index is 10.7. The summed E-state index contributed by atoms with van der Waals surface area (Å²) in [4.78, 5) is 38.0. The standard InChI is InChI=1S/C33H34N2O2.C32H32N2O2.C31H30N2O2.C30H28N2O2.4Pt/c1-2-3-19-4-9-30(34-17-24-13-26-20-5-7-22(11-20)28(26)15-32(24)36)31(10-19)35-18-25-14-27-21-6-8-23(12-21)29(27)16-33(25)37;1-2-18-3-8-29(33-16-23-12-25-19-4-6-21(10-19)27(25)14-31(23)35)30(9-18)34-17-24-13-26-20-5-7-22(11-20)28(26)15-32(24)36;1-17-2-7-28(32-15-22-11-24-18-3-5-20(9-18)26(24)13-30(22)34)29(8-17)33-16-23-12-25-19-4-6-21(10-19)27(25)14-31(23)35;33-29-13-25-19-7-5-17(9-19)23(25)11-21(29)15-31-27-3-1-2-4-28(27)32-16-22-12-24-18-6-8-20(10-18)26(24)14-30(22)34;;;;/h4,9-10,13-18,20-23,36-37H,2-3,5-8,11-12H2,1H3;3,8-9,12-17,19-22,35-36H,2,4-7,10-11H2,1H3;2,7-8,11-16,18-21,34-35H,3-6,9-10H2,1H3;1-4,11-20,33-34H,5-10H2;;;;. The van der Waals surface area contributed by atoms with Crippen molar-refractivity contribution in [3.8, 4) is 46.0 Å². The molecule has 12 aromatic rings.